The summed E-state index contributed by atoms with van der Waals surface area (Å²) in [5.74, 6) is -0.625. The van der Waals surface area contributed by atoms with Crippen LogP contribution in [0.15, 0.2) is 99.4 Å². The molecule has 0 aliphatic rings. The Balaban J connectivity index is 1.59. The SMILES string of the molecule is Cc1ccc(S(=O)(=O)N(CC(=O)N/N=C\c2c(O)ccc3ccccc23)c2ccc(Br)cc2)cc1. The number of aryl methyl sites for hydroxylation is 1. The van der Waals surface area contributed by atoms with Crippen LogP contribution in [0.4, 0.5) is 5.69 Å². The van der Waals surface area contributed by atoms with Gasteiger partial charge in [-0.05, 0) is 60.2 Å². The zero-order valence-corrected chi connectivity index (χ0v) is 21.1. The highest BCUT2D eigenvalue weighted by Gasteiger charge is 2.27. The Morgan fingerprint density at radius 3 is 2.40 bits per heavy atom. The van der Waals surface area contributed by atoms with E-state index in [1.165, 1.54) is 18.3 Å². The molecule has 0 fully saturated rings. The van der Waals surface area contributed by atoms with Crippen molar-refractivity contribution in [2.45, 2.75) is 11.8 Å². The third kappa shape index (κ3) is 5.52. The summed E-state index contributed by atoms with van der Waals surface area (Å²) in [6.07, 6.45) is 1.34. The lowest BCUT2D eigenvalue weighted by molar-refractivity contribution is -0.119. The molecule has 0 aliphatic heterocycles. The predicted molar refractivity (Wildman–Crippen MR) is 141 cm³/mol. The van der Waals surface area contributed by atoms with Gasteiger partial charge in [0, 0.05) is 10.0 Å². The van der Waals surface area contributed by atoms with E-state index in [1.807, 2.05) is 31.2 Å². The van der Waals surface area contributed by atoms with Crippen molar-refractivity contribution in [1.29, 1.82) is 0 Å². The number of fused-ring (bicyclic) bond motifs is 1. The van der Waals surface area contributed by atoms with Crippen LogP contribution >= 0.6 is 15.9 Å². The van der Waals surface area contributed by atoms with Crippen molar-refractivity contribution in [3.05, 3.63) is 101 Å². The zero-order valence-electron chi connectivity index (χ0n) is 18.7. The van der Waals surface area contributed by atoms with Crippen LogP contribution in [-0.4, -0.2) is 32.2 Å². The molecule has 0 heterocycles. The summed E-state index contributed by atoms with van der Waals surface area (Å²) in [4.78, 5) is 12.8. The van der Waals surface area contributed by atoms with Gasteiger partial charge >= 0.3 is 0 Å². The summed E-state index contributed by atoms with van der Waals surface area (Å²) >= 11 is 3.34. The molecule has 0 spiro atoms. The average molecular weight is 552 g/mol. The van der Waals surface area contributed by atoms with Crippen molar-refractivity contribution < 1.29 is 18.3 Å². The number of hydrogen-bond donors (Lipinski definition) is 2. The van der Waals surface area contributed by atoms with Gasteiger partial charge in [0.1, 0.15) is 12.3 Å². The van der Waals surface area contributed by atoms with Crippen molar-refractivity contribution in [2.24, 2.45) is 5.10 Å². The van der Waals surface area contributed by atoms with E-state index in [-0.39, 0.29) is 10.6 Å². The molecular weight excluding hydrogens is 530 g/mol. The van der Waals surface area contributed by atoms with E-state index in [1.54, 1.807) is 48.5 Å². The maximum Gasteiger partial charge on any atom is 0.264 e. The lowest BCUT2D eigenvalue weighted by Gasteiger charge is -2.23. The third-order valence-electron chi connectivity index (χ3n) is 5.34. The molecule has 0 bridgehead atoms. The van der Waals surface area contributed by atoms with Crippen LogP contribution in [0.3, 0.4) is 0 Å². The Hall–Kier alpha value is -3.69. The van der Waals surface area contributed by atoms with E-state index in [9.17, 15) is 18.3 Å². The minimum absolute atomic E-state index is 0.0140. The number of hydrazone groups is 1. The molecule has 35 heavy (non-hydrogen) atoms. The molecule has 2 N–H and O–H groups in total. The van der Waals surface area contributed by atoms with Crippen molar-refractivity contribution in [1.82, 2.24) is 5.43 Å². The molecule has 0 saturated heterocycles. The number of hydrogen-bond acceptors (Lipinski definition) is 5. The molecule has 4 aromatic carbocycles. The molecule has 0 aromatic heterocycles. The number of rotatable bonds is 7. The number of amides is 1. The van der Waals surface area contributed by atoms with Crippen molar-refractivity contribution in [3.8, 4) is 5.75 Å². The number of nitrogens with one attached hydrogen (secondary N) is 1. The summed E-state index contributed by atoms with van der Waals surface area (Å²) in [6, 6.07) is 23.8. The first-order chi connectivity index (χ1) is 16.8. The molecule has 7 nitrogen and oxygen atoms in total. The Kier molecular flexibility index (Phi) is 7.18. The zero-order chi connectivity index (χ0) is 25.0. The van der Waals surface area contributed by atoms with E-state index in [0.29, 0.717) is 11.3 Å². The van der Waals surface area contributed by atoms with Crippen LogP contribution < -0.4 is 9.73 Å². The second-order valence-electron chi connectivity index (χ2n) is 7.81. The predicted octanol–water partition coefficient (Wildman–Crippen LogP) is 4.96. The Labute approximate surface area is 211 Å². The second kappa shape index (κ2) is 10.3. The van der Waals surface area contributed by atoms with E-state index in [0.717, 1.165) is 25.1 Å². The highest BCUT2D eigenvalue weighted by atomic mass is 79.9. The van der Waals surface area contributed by atoms with Gasteiger partial charge in [-0.15, -0.1) is 0 Å². The molecule has 9 heteroatoms. The summed E-state index contributed by atoms with van der Waals surface area (Å²) in [5.41, 5.74) is 4.07. The summed E-state index contributed by atoms with van der Waals surface area (Å²) in [6.45, 7) is 1.37. The normalized spacial score (nSPS) is 11.6. The van der Waals surface area contributed by atoms with Gasteiger partial charge in [-0.25, -0.2) is 13.8 Å². The standard InChI is InChI=1S/C26H22BrN3O4S/c1-18-6-13-22(14-7-18)35(33,34)30(21-11-9-20(27)10-12-21)17-26(32)29-28-16-24-23-5-3-2-4-19(23)8-15-25(24)31/h2-16,31H,17H2,1H3,(H,29,32)/b28-16-. The van der Waals surface area contributed by atoms with Gasteiger partial charge < -0.3 is 5.11 Å². The van der Waals surface area contributed by atoms with E-state index < -0.39 is 22.5 Å². The van der Waals surface area contributed by atoms with Crippen molar-refractivity contribution >= 4 is 54.5 Å². The first kappa shape index (κ1) is 24.4. The number of aromatic hydroxyl groups is 1. The fourth-order valence-corrected chi connectivity index (χ4v) is 5.20. The van der Waals surface area contributed by atoms with Gasteiger partial charge in [-0.2, -0.15) is 5.10 Å². The Bertz CT molecular complexity index is 1500. The van der Waals surface area contributed by atoms with Gasteiger partial charge in [-0.3, -0.25) is 9.10 Å². The number of benzene rings is 4. The smallest absolute Gasteiger partial charge is 0.264 e. The minimum Gasteiger partial charge on any atom is -0.507 e. The van der Waals surface area contributed by atoms with Gasteiger partial charge in [0.25, 0.3) is 15.9 Å². The molecule has 0 unspecified atom stereocenters. The number of halogens is 1. The largest absolute Gasteiger partial charge is 0.507 e. The second-order valence-corrected chi connectivity index (χ2v) is 10.6. The van der Waals surface area contributed by atoms with E-state index >= 15 is 0 Å². The third-order valence-corrected chi connectivity index (χ3v) is 7.66. The highest BCUT2D eigenvalue weighted by Crippen LogP contribution is 2.26. The van der Waals surface area contributed by atoms with Crippen LogP contribution in [-0.2, 0) is 14.8 Å². The monoisotopic (exact) mass is 551 g/mol. The molecule has 0 saturated carbocycles. The lowest BCUT2D eigenvalue weighted by Crippen LogP contribution is -2.39. The first-order valence-electron chi connectivity index (χ1n) is 10.6. The van der Waals surface area contributed by atoms with Gasteiger partial charge in [-0.1, -0.05) is 64.0 Å². The summed E-state index contributed by atoms with van der Waals surface area (Å²) in [5, 5.41) is 15.9. The number of carbonyl (C=O) groups excluding carboxylic acids is 1. The molecule has 4 rings (SSSR count). The summed E-state index contributed by atoms with van der Waals surface area (Å²) in [7, 11) is -4.03. The molecule has 0 aliphatic carbocycles. The average Bonchev–Trinajstić information content (AvgIpc) is 2.85. The van der Waals surface area contributed by atoms with Gasteiger partial charge in [0.15, 0.2) is 0 Å². The number of sulfonamides is 1. The highest BCUT2D eigenvalue weighted by molar-refractivity contribution is 9.10. The number of phenolic OH excluding ortho intramolecular Hbond substituents is 1. The minimum atomic E-state index is -4.03. The first-order valence-corrected chi connectivity index (χ1v) is 12.9. The maximum absolute atomic E-state index is 13.4. The Morgan fingerprint density at radius 2 is 1.69 bits per heavy atom. The van der Waals surface area contributed by atoms with Crippen molar-refractivity contribution in [3.63, 3.8) is 0 Å². The fraction of sp³-hybridized carbons (Fsp3) is 0.0769. The lowest BCUT2D eigenvalue weighted by atomic mass is 10.0. The van der Waals surface area contributed by atoms with E-state index in [2.05, 4.69) is 26.5 Å². The Morgan fingerprint density at radius 1 is 1.00 bits per heavy atom. The van der Waals surface area contributed by atoms with Gasteiger partial charge in [0.2, 0.25) is 0 Å². The van der Waals surface area contributed by atoms with Crippen LogP contribution in [0.5, 0.6) is 5.75 Å². The molecule has 4 aromatic rings. The van der Waals surface area contributed by atoms with Crippen LogP contribution in [0.25, 0.3) is 10.8 Å². The number of anilines is 1. The topological polar surface area (TPSA) is 99.1 Å². The number of nitrogens with zero attached hydrogens (tertiary/aromatic N) is 2. The fourth-order valence-electron chi connectivity index (χ4n) is 3.51. The van der Waals surface area contributed by atoms with Crippen molar-refractivity contribution in [2.75, 3.05) is 10.8 Å². The van der Waals surface area contributed by atoms with Crippen LogP contribution in [0.2, 0.25) is 0 Å². The molecule has 0 atom stereocenters. The summed E-state index contributed by atoms with van der Waals surface area (Å²) < 4.78 is 28.6. The van der Waals surface area contributed by atoms with Gasteiger partial charge in [0.05, 0.1) is 16.8 Å². The number of phenols is 1. The quantitative estimate of drug-likeness (QED) is 0.250. The van der Waals surface area contributed by atoms with E-state index in [4.69, 9.17) is 0 Å². The molecule has 1 amide bonds. The molecule has 178 valence electrons. The maximum atomic E-state index is 13.4. The molecule has 0 radical (unpaired) electrons. The van der Waals surface area contributed by atoms with Crippen LogP contribution in [0.1, 0.15) is 11.1 Å². The number of carbonyl (C=O) groups is 1. The van der Waals surface area contributed by atoms with Crippen LogP contribution in [0, 0.1) is 6.92 Å². The molecular formula is C26H22BrN3O4S.